The van der Waals surface area contributed by atoms with E-state index < -0.39 is 11.6 Å². The molecule has 0 spiro atoms. The van der Waals surface area contributed by atoms with Crippen LogP contribution in [-0.4, -0.2) is 13.1 Å². The second-order valence-electron chi connectivity index (χ2n) is 6.15. The standard InChI is InChI=1S/C17H25F2N/c1-3-20-11-13-8-7-12(2)9-14(13)10-15-16(18)5-4-6-17(15)19/h4-6,12-14,20H,3,7-11H2,1-2H3. The quantitative estimate of drug-likeness (QED) is 0.854. The van der Waals surface area contributed by atoms with Gasteiger partial charge in [0.2, 0.25) is 0 Å². The molecule has 3 atom stereocenters. The van der Waals surface area contributed by atoms with E-state index in [2.05, 4.69) is 19.2 Å². The minimum atomic E-state index is -0.398. The molecule has 0 radical (unpaired) electrons. The average molecular weight is 281 g/mol. The molecule has 0 heterocycles. The van der Waals surface area contributed by atoms with Gasteiger partial charge >= 0.3 is 0 Å². The highest BCUT2D eigenvalue weighted by molar-refractivity contribution is 5.20. The molecule has 1 fully saturated rings. The number of nitrogens with one attached hydrogen (secondary N) is 1. The summed E-state index contributed by atoms with van der Waals surface area (Å²) in [7, 11) is 0. The van der Waals surface area contributed by atoms with E-state index in [0.29, 0.717) is 24.2 Å². The van der Waals surface area contributed by atoms with Crippen LogP contribution in [0.15, 0.2) is 18.2 Å². The van der Waals surface area contributed by atoms with Crippen LogP contribution in [0.2, 0.25) is 0 Å². The van der Waals surface area contributed by atoms with Crippen LogP contribution in [0.1, 0.15) is 38.7 Å². The Morgan fingerprint density at radius 1 is 1.15 bits per heavy atom. The summed E-state index contributed by atoms with van der Waals surface area (Å²) in [5.41, 5.74) is 0.271. The third kappa shape index (κ3) is 3.78. The molecule has 0 amide bonds. The zero-order chi connectivity index (χ0) is 14.5. The van der Waals surface area contributed by atoms with Crippen molar-refractivity contribution in [3.8, 4) is 0 Å². The minimum Gasteiger partial charge on any atom is -0.317 e. The zero-order valence-electron chi connectivity index (χ0n) is 12.5. The molecule has 1 aromatic rings. The second kappa shape index (κ2) is 7.16. The summed E-state index contributed by atoms with van der Waals surface area (Å²) in [4.78, 5) is 0. The Bertz CT molecular complexity index is 411. The highest BCUT2D eigenvalue weighted by atomic mass is 19.1. The van der Waals surface area contributed by atoms with Crippen molar-refractivity contribution >= 4 is 0 Å². The Kier molecular flexibility index (Phi) is 5.53. The molecule has 0 saturated heterocycles. The lowest BCUT2D eigenvalue weighted by Crippen LogP contribution is -2.34. The van der Waals surface area contributed by atoms with Gasteiger partial charge in [0, 0.05) is 5.56 Å². The molecule has 1 nitrogen and oxygen atoms in total. The number of hydrogen-bond acceptors (Lipinski definition) is 1. The molecule has 3 unspecified atom stereocenters. The first-order chi connectivity index (χ1) is 9.61. The van der Waals surface area contributed by atoms with Crippen LogP contribution in [0.25, 0.3) is 0 Å². The maximum Gasteiger partial charge on any atom is 0.129 e. The van der Waals surface area contributed by atoms with Gasteiger partial charge in [0.05, 0.1) is 0 Å². The molecule has 0 bridgehead atoms. The molecule has 1 aliphatic carbocycles. The van der Waals surface area contributed by atoms with Crippen molar-refractivity contribution in [3.63, 3.8) is 0 Å². The van der Waals surface area contributed by atoms with Crippen molar-refractivity contribution < 1.29 is 8.78 Å². The van der Waals surface area contributed by atoms with Crippen LogP contribution in [0.5, 0.6) is 0 Å². The Morgan fingerprint density at radius 2 is 1.85 bits per heavy atom. The van der Waals surface area contributed by atoms with Crippen LogP contribution in [-0.2, 0) is 6.42 Å². The largest absolute Gasteiger partial charge is 0.317 e. The van der Waals surface area contributed by atoms with E-state index >= 15 is 0 Å². The molecular formula is C17H25F2N. The summed E-state index contributed by atoms with van der Waals surface area (Å²) in [5.74, 6) is 0.776. The second-order valence-corrected chi connectivity index (χ2v) is 6.15. The van der Waals surface area contributed by atoms with Crippen molar-refractivity contribution in [3.05, 3.63) is 35.4 Å². The topological polar surface area (TPSA) is 12.0 Å². The normalized spacial score (nSPS) is 26.7. The average Bonchev–Trinajstić information content (AvgIpc) is 2.42. The van der Waals surface area contributed by atoms with Crippen LogP contribution >= 0.6 is 0 Å². The monoisotopic (exact) mass is 281 g/mol. The van der Waals surface area contributed by atoms with Crippen molar-refractivity contribution in [1.29, 1.82) is 0 Å². The van der Waals surface area contributed by atoms with E-state index in [-0.39, 0.29) is 5.56 Å². The first kappa shape index (κ1) is 15.4. The molecule has 1 saturated carbocycles. The Morgan fingerprint density at radius 3 is 2.50 bits per heavy atom. The fourth-order valence-electron chi connectivity index (χ4n) is 3.40. The van der Waals surface area contributed by atoms with E-state index in [4.69, 9.17) is 0 Å². The number of rotatable bonds is 5. The SMILES string of the molecule is CCNCC1CCC(C)CC1Cc1c(F)cccc1F. The summed E-state index contributed by atoms with van der Waals surface area (Å²) in [6.07, 6.45) is 3.99. The summed E-state index contributed by atoms with van der Waals surface area (Å²) < 4.78 is 27.7. The van der Waals surface area contributed by atoms with Crippen LogP contribution in [0.4, 0.5) is 8.78 Å². The molecule has 2 rings (SSSR count). The lowest BCUT2D eigenvalue weighted by atomic mass is 9.72. The van der Waals surface area contributed by atoms with Crippen LogP contribution in [0.3, 0.4) is 0 Å². The first-order valence-electron chi connectivity index (χ1n) is 7.75. The van der Waals surface area contributed by atoms with E-state index in [0.717, 1.165) is 25.9 Å². The molecule has 3 heteroatoms. The third-order valence-corrected chi connectivity index (χ3v) is 4.59. The lowest BCUT2D eigenvalue weighted by molar-refractivity contribution is 0.182. The van der Waals surface area contributed by atoms with Crippen molar-refractivity contribution in [2.45, 2.75) is 39.5 Å². The molecule has 0 aliphatic heterocycles. The molecule has 1 aromatic carbocycles. The number of hydrogen-bond donors (Lipinski definition) is 1. The van der Waals surface area contributed by atoms with Gasteiger partial charge in [-0.05, 0) is 62.2 Å². The van der Waals surface area contributed by atoms with Crippen molar-refractivity contribution in [2.75, 3.05) is 13.1 Å². The summed E-state index contributed by atoms with van der Waals surface area (Å²) in [5, 5.41) is 3.39. The fourth-order valence-corrected chi connectivity index (χ4v) is 3.40. The van der Waals surface area contributed by atoms with Crippen LogP contribution in [0, 0.1) is 29.4 Å². The van der Waals surface area contributed by atoms with Crippen LogP contribution < -0.4 is 5.32 Å². The van der Waals surface area contributed by atoms with E-state index in [1.807, 2.05) is 0 Å². The maximum absolute atomic E-state index is 13.8. The Labute approximate surface area is 120 Å². The smallest absolute Gasteiger partial charge is 0.129 e. The highest BCUT2D eigenvalue weighted by Crippen LogP contribution is 2.36. The summed E-state index contributed by atoms with van der Waals surface area (Å²) >= 11 is 0. The van der Waals surface area contributed by atoms with Gasteiger partial charge in [-0.25, -0.2) is 8.78 Å². The van der Waals surface area contributed by atoms with Gasteiger partial charge in [-0.15, -0.1) is 0 Å². The van der Waals surface area contributed by atoms with Gasteiger partial charge in [-0.3, -0.25) is 0 Å². The third-order valence-electron chi connectivity index (χ3n) is 4.59. The zero-order valence-corrected chi connectivity index (χ0v) is 12.5. The maximum atomic E-state index is 13.8. The van der Waals surface area contributed by atoms with Gasteiger partial charge in [0.1, 0.15) is 11.6 Å². The minimum absolute atomic E-state index is 0.271. The van der Waals surface area contributed by atoms with Gasteiger partial charge in [0.25, 0.3) is 0 Å². The predicted octanol–water partition coefficient (Wildman–Crippen LogP) is 4.17. The number of benzene rings is 1. The van der Waals surface area contributed by atoms with Crippen molar-refractivity contribution in [2.24, 2.45) is 17.8 Å². The Hall–Kier alpha value is -0.960. The predicted molar refractivity (Wildman–Crippen MR) is 78.6 cm³/mol. The van der Waals surface area contributed by atoms with E-state index in [9.17, 15) is 8.78 Å². The first-order valence-corrected chi connectivity index (χ1v) is 7.75. The van der Waals surface area contributed by atoms with Gasteiger partial charge in [-0.1, -0.05) is 26.3 Å². The lowest BCUT2D eigenvalue weighted by Gasteiger charge is -2.35. The van der Waals surface area contributed by atoms with E-state index in [1.165, 1.54) is 24.6 Å². The molecule has 0 aromatic heterocycles. The van der Waals surface area contributed by atoms with Gasteiger partial charge in [0.15, 0.2) is 0 Å². The number of halogens is 2. The fraction of sp³-hybridized carbons (Fsp3) is 0.647. The molecular weight excluding hydrogens is 256 g/mol. The summed E-state index contributed by atoms with van der Waals surface area (Å²) in [6, 6.07) is 4.17. The van der Waals surface area contributed by atoms with Crippen molar-refractivity contribution in [1.82, 2.24) is 5.32 Å². The molecule has 20 heavy (non-hydrogen) atoms. The molecule has 1 N–H and O–H groups in total. The molecule has 112 valence electrons. The van der Waals surface area contributed by atoms with Gasteiger partial charge in [-0.2, -0.15) is 0 Å². The summed E-state index contributed by atoms with van der Waals surface area (Å²) in [6.45, 7) is 6.25. The Balaban J connectivity index is 2.10. The molecule has 1 aliphatic rings. The highest BCUT2D eigenvalue weighted by Gasteiger charge is 2.29. The van der Waals surface area contributed by atoms with E-state index in [1.54, 1.807) is 0 Å². The van der Waals surface area contributed by atoms with Gasteiger partial charge < -0.3 is 5.32 Å².